The summed E-state index contributed by atoms with van der Waals surface area (Å²) in [7, 11) is 0. The summed E-state index contributed by atoms with van der Waals surface area (Å²) in [6.45, 7) is 3.35. The van der Waals surface area contributed by atoms with Crippen LogP contribution in [0.4, 0.5) is 0 Å². The van der Waals surface area contributed by atoms with Crippen LogP contribution in [0.1, 0.15) is 130 Å². The Balaban J connectivity index is 1.44. The normalized spacial score (nSPS) is 17.9. The number of nitrogens with two attached hydrogens (primary N) is 4. The van der Waals surface area contributed by atoms with Crippen molar-refractivity contribution in [3.63, 3.8) is 0 Å². The average Bonchev–Trinajstić information content (AvgIpc) is 1.64. The van der Waals surface area contributed by atoms with Crippen molar-refractivity contribution in [3.05, 3.63) is 18.2 Å². The van der Waals surface area contributed by atoms with Crippen LogP contribution in [0, 0.1) is 11.8 Å². The van der Waals surface area contributed by atoms with E-state index < -0.39 is 248 Å². The predicted octanol–water partition coefficient (Wildman–Crippen LogP) is -10.2. The molecule has 3 fully saturated rings. The average molecular weight is 1660 g/mol. The van der Waals surface area contributed by atoms with Gasteiger partial charge in [-0.2, -0.15) is 12.6 Å². The fraction of sp³-hybridized carbons (Fsp3) is 0.662. The number of carbonyl (C=O) groups excluding carboxylic acids is 14. The summed E-state index contributed by atoms with van der Waals surface area (Å²) in [5, 5.41) is 90.6. The minimum atomic E-state index is -2.03. The van der Waals surface area contributed by atoms with Gasteiger partial charge in [-0.05, 0) is 95.4 Å². The smallest absolute Gasteiger partial charge is 0.326 e. The van der Waals surface area contributed by atoms with Crippen LogP contribution in [0.2, 0.25) is 0 Å². The first-order chi connectivity index (χ1) is 54.8. The highest BCUT2D eigenvalue weighted by atomic mass is 32.1. The van der Waals surface area contributed by atoms with Gasteiger partial charge in [-0.3, -0.25) is 91.5 Å². The molecule has 3 aliphatic rings. The van der Waals surface area contributed by atoms with Gasteiger partial charge in [0.2, 0.25) is 82.7 Å². The first-order valence-corrected chi connectivity index (χ1v) is 38.2. The van der Waals surface area contributed by atoms with E-state index in [9.17, 15) is 117 Å². The molecule has 116 heavy (non-hydrogen) atoms. The molecule has 48 heteroatoms. The number of hydrogen-bond donors (Lipinski definition) is 25. The molecule has 14 amide bonds. The van der Waals surface area contributed by atoms with Crippen molar-refractivity contribution >= 4 is 131 Å². The number of carboxylic acid groups (broad SMARTS) is 4. The van der Waals surface area contributed by atoms with E-state index >= 15 is 0 Å². The highest BCUT2D eigenvalue weighted by molar-refractivity contribution is 7.80. The molecule has 0 bridgehead atoms. The van der Waals surface area contributed by atoms with E-state index in [1.807, 2.05) is 0 Å². The molecule has 1 aromatic heterocycles. The van der Waals surface area contributed by atoms with Crippen LogP contribution in [0.25, 0.3) is 0 Å². The number of guanidine groups is 2. The monoisotopic (exact) mass is 1660 g/mol. The first-order valence-electron chi connectivity index (χ1n) is 37.5. The third kappa shape index (κ3) is 32.4. The molecule has 0 spiro atoms. The number of imidazole rings is 1. The Labute approximate surface area is 670 Å². The second-order valence-corrected chi connectivity index (χ2v) is 28.8. The minimum absolute atomic E-state index is 0.0123. The summed E-state index contributed by atoms with van der Waals surface area (Å²) in [4.78, 5) is 259. The Morgan fingerprint density at radius 1 is 0.526 bits per heavy atom. The number of H-pyrrole nitrogens is 1. The van der Waals surface area contributed by atoms with Crippen LogP contribution in [0.5, 0.6) is 0 Å². The lowest BCUT2D eigenvalue weighted by Gasteiger charge is -2.33. The maximum absolute atomic E-state index is 14.4. The number of thiol groups is 1. The van der Waals surface area contributed by atoms with Crippen molar-refractivity contribution in [2.75, 3.05) is 58.2 Å². The number of aliphatic hydroxyl groups excluding tert-OH is 2. The molecule has 0 radical (unpaired) electrons. The maximum atomic E-state index is 14.4. The molecule has 1 aromatic rings. The second-order valence-electron chi connectivity index (χ2n) is 28.5. The Bertz CT molecular complexity index is 3690. The predicted molar refractivity (Wildman–Crippen MR) is 408 cm³/mol. The number of rotatable bonds is 50. The second kappa shape index (κ2) is 48.6. The van der Waals surface area contributed by atoms with Crippen LogP contribution < -0.4 is 92.1 Å². The summed E-state index contributed by atoms with van der Waals surface area (Å²) >= 11 is 4.09. The maximum Gasteiger partial charge on any atom is 0.326 e. The van der Waals surface area contributed by atoms with Gasteiger partial charge in [-0.1, -0.05) is 27.7 Å². The number of hydrogen-bond acceptors (Lipinski definition) is 25. The number of nitrogens with one attached hydrogen (secondary N) is 14. The van der Waals surface area contributed by atoms with E-state index in [2.05, 4.69) is 102 Å². The summed E-state index contributed by atoms with van der Waals surface area (Å²) < 4.78 is 0. The van der Waals surface area contributed by atoms with Crippen molar-refractivity contribution in [1.82, 2.24) is 88.9 Å². The van der Waals surface area contributed by atoms with E-state index in [0.717, 1.165) is 0 Å². The van der Waals surface area contributed by atoms with Gasteiger partial charge < -0.3 is 137 Å². The number of amides is 14. The molecule has 0 unspecified atom stereocenters. The highest BCUT2D eigenvalue weighted by Crippen LogP contribution is 2.27. The highest BCUT2D eigenvalue weighted by Gasteiger charge is 2.46. The molecule has 0 aliphatic carbocycles. The Kier molecular flexibility index (Phi) is 40.6. The SMILES string of the molecule is CC(C)C[C@H](NC(=O)[C@H](CCCN=C(N)N)NC(=O)[C@H](CC(=O)O)NC(=O)[C@@H]1CCCN1C(=O)[C@@H]1CCCN1C(=O)[C@H](CCC(=O)O)NC(=O)[C@@H]1CCCN1)C(=O)N[C@@H](CO)C(=O)N[C@@H](CS)C(=O)N[C@@H](CC(=O)O)C(=O)NCC(=O)N[C@@H](CO)C(=O)N[C@@H](CCCN=C(N)N)C(=O)N[C@H](C(=O)N[C@@H](Cc1cnc[nH]1)C(=O)O)C(C)C. The third-order valence-electron chi connectivity index (χ3n) is 18.5. The lowest BCUT2D eigenvalue weighted by molar-refractivity contribution is -0.148. The summed E-state index contributed by atoms with van der Waals surface area (Å²) in [5.41, 5.74) is 22.2. The summed E-state index contributed by atoms with van der Waals surface area (Å²) in [6.07, 6.45) is 0.535. The zero-order valence-corrected chi connectivity index (χ0v) is 65.5. The van der Waals surface area contributed by atoms with E-state index in [-0.39, 0.29) is 102 Å². The number of aliphatic imine (C=N–C) groups is 2. The van der Waals surface area contributed by atoms with Crippen molar-refractivity contribution in [1.29, 1.82) is 0 Å². The number of likely N-dealkylation sites (tertiary alicyclic amines) is 2. The van der Waals surface area contributed by atoms with Crippen molar-refractivity contribution < 1.29 is 117 Å². The third-order valence-corrected chi connectivity index (χ3v) is 18.9. The lowest BCUT2D eigenvalue weighted by Crippen LogP contribution is -2.61. The Hall–Kier alpha value is -11.6. The fourth-order valence-electron chi connectivity index (χ4n) is 12.6. The van der Waals surface area contributed by atoms with E-state index in [0.29, 0.717) is 31.5 Å². The molecular formula is C68H109N23O24S. The van der Waals surface area contributed by atoms with Crippen molar-refractivity contribution in [2.24, 2.45) is 44.8 Å². The van der Waals surface area contributed by atoms with Gasteiger partial charge >= 0.3 is 23.9 Å². The summed E-state index contributed by atoms with van der Waals surface area (Å²) in [5.74, 6) is -22.8. The Morgan fingerprint density at radius 2 is 1.01 bits per heavy atom. The number of carbonyl (C=O) groups is 18. The lowest BCUT2D eigenvalue weighted by atomic mass is 10.0. The molecule has 3 aliphatic heterocycles. The molecule has 47 nitrogen and oxygen atoms in total. The molecule has 14 atom stereocenters. The molecule has 3 saturated heterocycles. The van der Waals surface area contributed by atoms with Gasteiger partial charge in [0.1, 0.15) is 78.5 Å². The first kappa shape index (κ1) is 96.8. The number of aromatic amines is 1. The van der Waals surface area contributed by atoms with Gasteiger partial charge in [0.05, 0.1) is 45.0 Å². The standard InChI is InChI=1S/C68H109N23O24S/c1-32(2)22-39(83-55(103)36(11-6-18-75-67(69)70)80-58(106)41(25-51(99)100)85-62(110)46-13-8-20-90(46)65(113)47-14-9-21-91(47)64(112)38(15-16-49(95)96)82-54(102)35-10-5-17-74-35)57(105)87-44(29-93)60(108)88-45(30-116)61(109)84-40(24-50(97)98)53(101)77-27-48(94)79-43(28-92)59(107)81-37(12-7-19-76-68(71)72)56(104)89-52(33(3)4)63(111)86-42(66(114)115)23-34-26-73-31-78-34/h26,31-33,35-47,52,74,92-93,116H,5-25,27-30H2,1-4H3,(H,73,78)(H,77,101)(H,79,94)(H,80,106)(H,81,107)(H,82,102)(H,83,103)(H,84,109)(H,85,110)(H,86,111)(H,87,105)(H,88,108)(H,89,104)(H,95,96)(H,97,98)(H,99,100)(H,114,115)(H4,69,70,75)(H4,71,72,76)/t35-,36-,37-,38-,39-,40-,41-,42-,43-,44-,45-,46-,47-,52-/m0/s1. The number of aromatic nitrogens is 2. The van der Waals surface area contributed by atoms with Crippen LogP contribution in [0.15, 0.2) is 22.5 Å². The molecule has 4 heterocycles. The quantitative estimate of drug-likeness (QED) is 0.0125. The molecule has 0 saturated carbocycles. The largest absolute Gasteiger partial charge is 0.481 e. The molecular weight excluding hydrogens is 1550 g/mol. The molecule has 4 rings (SSSR count). The van der Waals surface area contributed by atoms with Crippen molar-refractivity contribution in [3.8, 4) is 0 Å². The topological polar surface area (TPSA) is 749 Å². The van der Waals surface area contributed by atoms with Crippen LogP contribution in [0.3, 0.4) is 0 Å². The minimum Gasteiger partial charge on any atom is -0.481 e. The van der Waals surface area contributed by atoms with Crippen LogP contribution in [-0.2, 0) is 92.7 Å². The fourth-order valence-corrected chi connectivity index (χ4v) is 12.8. The van der Waals surface area contributed by atoms with E-state index in [1.165, 1.54) is 36.2 Å². The van der Waals surface area contributed by atoms with Gasteiger partial charge in [0.25, 0.3) is 0 Å². The van der Waals surface area contributed by atoms with Gasteiger partial charge in [-0.15, -0.1) is 0 Å². The van der Waals surface area contributed by atoms with E-state index in [1.54, 1.807) is 13.8 Å². The Morgan fingerprint density at radius 3 is 1.52 bits per heavy atom. The summed E-state index contributed by atoms with van der Waals surface area (Å²) in [6, 6.07) is -21.6. The number of carboxylic acids is 4. The van der Waals surface area contributed by atoms with Crippen LogP contribution >= 0.6 is 12.6 Å². The molecule has 646 valence electrons. The zero-order valence-electron chi connectivity index (χ0n) is 64.6. The number of nitrogens with zero attached hydrogens (tertiary/aromatic N) is 5. The van der Waals surface area contributed by atoms with Crippen molar-refractivity contribution in [2.45, 2.75) is 215 Å². The number of aliphatic carboxylic acids is 4. The van der Waals surface area contributed by atoms with Crippen LogP contribution in [-0.4, -0.2) is 312 Å². The number of aliphatic hydroxyl groups is 2. The zero-order chi connectivity index (χ0) is 86.6. The van der Waals surface area contributed by atoms with E-state index in [4.69, 9.17) is 22.9 Å². The van der Waals surface area contributed by atoms with Gasteiger partial charge in [0.15, 0.2) is 11.9 Å². The van der Waals surface area contributed by atoms with Gasteiger partial charge in [-0.25, -0.2) is 9.78 Å². The molecule has 28 N–H and O–H groups in total. The van der Waals surface area contributed by atoms with Gasteiger partial charge in [0, 0.05) is 56.7 Å². The molecule has 0 aromatic carbocycles.